The lowest BCUT2D eigenvalue weighted by Gasteiger charge is -2.33. The van der Waals surface area contributed by atoms with Crippen molar-refractivity contribution in [2.75, 3.05) is 0 Å². The van der Waals surface area contributed by atoms with Gasteiger partial charge in [-0.2, -0.15) is 0 Å². The Morgan fingerprint density at radius 3 is 2.59 bits per heavy atom. The Balaban J connectivity index is 2.35. The Morgan fingerprint density at radius 1 is 1.31 bits per heavy atom. The van der Waals surface area contributed by atoms with Crippen LogP contribution in [0.4, 0.5) is 4.39 Å². The van der Waals surface area contributed by atoms with Crippen LogP contribution in [0, 0.1) is 5.41 Å². The van der Waals surface area contributed by atoms with Crippen LogP contribution < -0.4 is 5.32 Å². The summed E-state index contributed by atoms with van der Waals surface area (Å²) >= 11 is 0. The van der Waals surface area contributed by atoms with Gasteiger partial charge in [-0.25, -0.2) is 4.39 Å². The number of hydrogen-bond acceptors (Lipinski definition) is 1. The summed E-state index contributed by atoms with van der Waals surface area (Å²) in [6, 6.07) is 5.31. The zero-order valence-electron chi connectivity index (χ0n) is 19.1. The van der Waals surface area contributed by atoms with E-state index in [0.717, 1.165) is 18.4 Å². The molecule has 0 saturated carbocycles. The minimum atomic E-state index is -0.221. The average Bonchev–Trinajstić information content (AvgIpc) is 2.65. The number of halogens is 1. The fraction of sp³-hybridized carbons (Fsp3) is 0.500. The first-order chi connectivity index (χ1) is 13.6. The second-order valence-corrected chi connectivity index (χ2v) is 9.12. The third kappa shape index (κ3) is 5.68. The zero-order chi connectivity index (χ0) is 21.8. The third-order valence-corrected chi connectivity index (χ3v) is 5.79. The highest BCUT2D eigenvalue weighted by molar-refractivity contribution is 5.95. The highest BCUT2D eigenvalue weighted by Gasteiger charge is 2.26. The van der Waals surface area contributed by atoms with Crippen LogP contribution in [0.2, 0.25) is 0 Å². The van der Waals surface area contributed by atoms with Crippen LogP contribution in [0.1, 0.15) is 89.2 Å². The monoisotopic (exact) mass is 397 g/mol. The van der Waals surface area contributed by atoms with E-state index in [1.54, 1.807) is 18.2 Å². The van der Waals surface area contributed by atoms with Crippen molar-refractivity contribution < 1.29 is 9.18 Å². The molecule has 1 aromatic rings. The van der Waals surface area contributed by atoms with Gasteiger partial charge >= 0.3 is 0 Å². The topological polar surface area (TPSA) is 29.1 Å². The first-order valence-corrected chi connectivity index (χ1v) is 10.8. The molecular weight excluding hydrogens is 361 g/mol. The standard InChI is InChI=1S/C26H36FNO/c1-8-20-16-21(25(29)28-17(2)3)12-13-22(20)24(27)19(5)11-14-23-18(4)10-9-15-26(23,6)7/h11-14,16-17H,8-10,15H2,1-7H3,(H,28,29)/b14-11+,24-19-. The zero-order valence-corrected chi connectivity index (χ0v) is 19.1. The first kappa shape index (κ1) is 23.1. The molecule has 0 heterocycles. The molecule has 0 radical (unpaired) electrons. The predicted octanol–water partition coefficient (Wildman–Crippen LogP) is 7.17. The maximum atomic E-state index is 15.3. The molecule has 3 heteroatoms. The maximum absolute atomic E-state index is 15.3. The molecule has 0 spiro atoms. The van der Waals surface area contributed by atoms with Crippen LogP contribution in [-0.2, 0) is 6.42 Å². The first-order valence-electron chi connectivity index (χ1n) is 10.8. The maximum Gasteiger partial charge on any atom is 0.251 e. The second-order valence-electron chi connectivity index (χ2n) is 9.12. The van der Waals surface area contributed by atoms with E-state index in [0.29, 0.717) is 23.1 Å². The Kier molecular flexibility index (Phi) is 7.62. The van der Waals surface area contributed by atoms with Gasteiger partial charge in [0.1, 0.15) is 5.83 Å². The van der Waals surface area contributed by atoms with E-state index in [1.807, 2.05) is 33.8 Å². The molecule has 1 aliphatic carbocycles. The summed E-state index contributed by atoms with van der Waals surface area (Å²) < 4.78 is 15.3. The Hall–Kier alpha value is -2.16. The van der Waals surface area contributed by atoms with Gasteiger partial charge in [0.2, 0.25) is 0 Å². The molecule has 1 aromatic carbocycles. The van der Waals surface area contributed by atoms with Crippen LogP contribution in [0.15, 0.2) is 47.1 Å². The molecule has 2 rings (SSSR count). The molecule has 158 valence electrons. The van der Waals surface area contributed by atoms with E-state index in [2.05, 4.69) is 32.2 Å². The van der Waals surface area contributed by atoms with Crippen molar-refractivity contribution in [1.82, 2.24) is 5.32 Å². The number of nitrogens with one attached hydrogen (secondary N) is 1. The van der Waals surface area contributed by atoms with Crippen LogP contribution in [0.25, 0.3) is 5.83 Å². The molecule has 0 atom stereocenters. The summed E-state index contributed by atoms with van der Waals surface area (Å²) in [6.07, 6.45) is 8.17. The van der Waals surface area contributed by atoms with E-state index in [-0.39, 0.29) is 23.2 Å². The van der Waals surface area contributed by atoms with Gasteiger partial charge in [0.15, 0.2) is 0 Å². The predicted molar refractivity (Wildman–Crippen MR) is 122 cm³/mol. The molecular formula is C26H36FNO. The van der Waals surface area contributed by atoms with Gasteiger partial charge in [-0.15, -0.1) is 0 Å². The fourth-order valence-corrected chi connectivity index (χ4v) is 4.09. The van der Waals surface area contributed by atoms with Gasteiger partial charge in [0, 0.05) is 17.2 Å². The Morgan fingerprint density at radius 2 is 2.00 bits per heavy atom. The van der Waals surface area contributed by atoms with E-state index in [4.69, 9.17) is 0 Å². The van der Waals surface area contributed by atoms with Crippen molar-refractivity contribution in [2.24, 2.45) is 5.41 Å². The van der Waals surface area contributed by atoms with Crippen LogP contribution in [0.3, 0.4) is 0 Å². The van der Waals surface area contributed by atoms with E-state index < -0.39 is 0 Å². The van der Waals surface area contributed by atoms with Crippen molar-refractivity contribution in [3.8, 4) is 0 Å². The average molecular weight is 398 g/mol. The van der Waals surface area contributed by atoms with Crippen molar-refractivity contribution in [3.05, 3.63) is 63.8 Å². The SMILES string of the molecule is CCc1cc(C(=O)NC(C)C)ccc1/C(F)=C(C)/C=C/C1=C(C)CCCC1(C)C. The largest absolute Gasteiger partial charge is 0.350 e. The van der Waals surface area contributed by atoms with Crippen LogP contribution >= 0.6 is 0 Å². The van der Waals surface area contributed by atoms with Crippen LogP contribution in [-0.4, -0.2) is 11.9 Å². The number of amides is 1. The van der Waals surface area contributed by atoms with Gasteiger partial charge in [-0.3, -0.25) is 4.79 Å². The summed E-state index contributed by atoms with van der Waals surface area (Å²) in [4.78, 5) is 12.3. The third-order valence-electron chi connectivity index (χ3n) is 5.79. The number of rotatable bonds is 6. The molecule has 1 amide bonds. The van der Waals surface area contributed by atoms with E-state index >= 15 is 4.39 Å². The molecule has 1 N–H and O–H groups in total. The quantitative estimate of drug-likeness (QED) is 0.506. The summed E-state index contributed by atoms with van der Waals surface area (Å²) in [5.41, 5.74) is 5.47. The van der Waals surface area contributed by atoms with Gasteiger partial charge in [-0.05, 0) is 87.6 Å². The minimum Gasteiger partial charge on any atom is -0.350 e. The molecule has 0 fully saturated rings. The van der Waals surface area contributed by atoms with Crippen LogP contribution in [0.5, 0.6) is 0 Å². The Labute approximate surface area is 176 Å². The highest BCUT2D eigenvalue weighted by atomic mass is 19.1. The van der Waals surface area contributed by atoms with Crippen molar-refractivity contribution in [2.45, 2.75) is 80.2 Å². The van der Waals surface area contributed by atoms with E-state index in [1.165, 1.54) is 17.6 Å². The highest BCUT2D eigenvalue weighted by Crippen LogP contribution is 2.41. The fourth-order valence-electron chi connectivity index (χ4n) is 4.09. The van der Waals surface area contributed by atoms with Gasteiger partial charge in [0.25, 0.3) is 5.91 Å². The number of carbonyl (C=O) groups excluding carboxylic acids is 1. The molecule has 0 unspecified atom stereocenters. The number of carbonyl (C=O) groups is 1. The molecule has 0 bridgehead atoms. The Bertz CT molecular complexity index is 855. The van der Waals surface area contributed by atoms with Gasteiger partial charge in [0.05, 0.1) is 0 Å². The molecule has 2 nitrogen and oxygen atoms in total. The molecule has 29 heavy (non-hydrogen) atoms. The summed E-state index contributed by atoms with van der Waals surface area (Å²) in [7, 11) is 0. The molecule has 1 aliphatic rings. The van der Waals surface area contributed by atoms with Crippen molar-refractivity contribution >= 4 is 11.7 Å². The number of aryl methyl sites for hydroxylation is 1. The molecule has 0 saturated heterocycles. The lowest BCUT2D eigenvalue weighted by molar-refractivity contribution is 0.0943. The smallest absolute Gasteiger partial charge is 0.251 e. The molecule has 0 aliphatic heterocycles. The van der Waals surface area contributed by atoms with E-state index in [9.17, 15) is 4.79 Å². The number of allylic oxidation sites excluding steroid dienone is 5. The molecule has 0 aromatic heterocycles. The number of hydrogen-bond donors (Lipinski definition) is 1. The van der Waals surface area contributed by atoms with Gasteiger partial charge in [-0.1, -0.05) is 44.6 Å². The van der Waals surface area contributed by atoms with Crippen molar-refractivity contribution in [1.29, 1.82) is 0 Å². The summed E-state index contributed by atoms with van der Waals surface area (Å²) in [5, 5.41) is 2.89. The minimum absolute atomic E-state index is 0.0677. The van der Waals surface area contributed by atoms with Gasteiger partial charge < -0.3 is 5.32 Å². The normalized spacial score (nSPS) is 17.7. The summed E-state index contributed by atoms with van der Waals surface area (Å²) in [5.74, 6) is -0.343. The summed E-state index contributed by atoms with van der Waals surface area (Å²) in [6.45, 7) is 14.4. The lowest BCUT2D eigenvalue weighted by atomic mass is 9.72. The lowest BCUT2D eigenvalue weighted by Crippen LogP contribution is -2.30. The number of benzene rings is 1. The second kappa shape index (κ2) is 9.56. The van der Waals surface area contributed by atoms with Crippen molar-refractivity contribution in [3.63, 3.8) is 0 Å².